The third-order valence-corrected chi connectivity index (χ3v) is 5.82. The molecule has 3 heterocycles. The Morgan fingerprint density at radius 1 is 1.30 bits per heavy atom. The quantitative estimate of drug-likeness (QED) is 0.619. The van der Waals surface area contributed by atoms with E-state index in [0.717, 1.165) is 23.3 Å². The lowest BCUT2D eigenvalue weighted by atomic mass is 10.1. The van der Waals surface area contributed by atoms with Crippen LogP contribution in [0.5, 0.6) is 0 Å². The summed E-state index contributed by atoms with van der Waals surface area (Å²) < 4.78 is 7.26. The van der Waals surface area contributed by atoms with E-state index in [1.54, 1.807) is 12.3 Å². The standard InChI is InChI=1S/C22H25N5O3.C2H3N/c1-14-12-16(4-5-17(14)22(29)26-8-10-30-11-9-26)24-20-19-18(6-7-23-21(19)28)27(25-20)13-15-2-3-15;1-2-3/h4-7,12,15H,2-3,8-11,13H2,1H3,(H,23,28)(H,24,25);1H3. The molecular formula is C24H28N6O3. The number of fused-ring (bicyclic) bond motifs is 1. The van der Waals surface area contributed by atoms with E-state index in [-0.39, 0.29) is 11.5 Å². The van der Waals surface area contributed by atoms with Crippen LogP contribution in [0, 0.1) is 24.2 Å². The van der Waals surface area contributed by atoms with E-state index in [1.807, 2.05) is 40.8 Å². The van der Waals surface area contributed by atoms with Crippen LogP contribution >= 0.6 is 0 Å². The molecule has 0 bridgehead atoms. The van der Waals surface area contributed by atoms with Crippen LogP contribution in [0.3, 0.4) is 0 Å². The number of aryl methyl sites for hydroxylation is 1. The van der Waals surface area contributed by atoms with Crippen LogP contribution in [0.4, 0.5) is 11.5 Å². The smallest absolute Gasteiger partial charge is 0.261 e. The van der Waals surface area contributed by atoms with E-state index in [1.165, 1.54) is 19.8 Å². The molecule has 9 nitrogen and oxygen atoms in total. The van der Waals surface area contributed by atoms with Gasteiger partial charge in [-0.25, -0.2) is 0 Å². The highest BCUT2D eigenvalue weighted by molar-refractivity contribution is 5.96. The predicted octanol–water partition coefficient (Wildman–Crippen LogP) is 3.19. The monoisotopic (exact) mass is 448 g/mol. The number of aromatic amines is 1. The molecule has 2 aliphatic rings. The van der Waals surface area contributed by atoms with Crippen molar-refractivity contribution in [2.75, 3.05) is 31.6 Å². The van der Waals surface area contributed by atoms with Crippen molar-refractivity contribution >= 4 is 28.3 Å². The number of H-pyrrole nitrogens is 1. The molecule has 172 valence electrons. The fourth-order valence-corrected chi connectivity index (χ4v) is 3.96. The van der Waals surface area contributed by atoms with Gasteiger partial charge in [0, 0.05) is 44.0 Å². The van der Waals surface area contributed by atoms with E-state index in [4.69, 9.17) is 10.00 Å². The average molecular weight is 449 g/mol. The Bertz CT molecular complexity index is 1250. The minimum absolute atomic E-state index is 0.0259. The van der Waals surface area contributed by atoms with Gasteiger partial charge in [-0.2, -0.15) is 10.4 Å². The second-order valence-corrected chi connectivity index (χ2v) is 8.32. The van der Waals surface area contributed by atoms with Crippen LogP contribution in [0.25, 0.3) is 10.9 Å². The third kappa shape index (κ3) is 5.07. The first kappa shape index (κ1) is 22.6. The predicted molar refractivity (Wildman–Crippen MR) is 126 cm³/mol. The molecule has 1 aliphatic heterocycles. The van der Waals surface area contributed by atoms with Crippen molar-refractivity contribution in [3.63, 3.8) is 0 Å². The maximum absolute atomic E-state index is 12.8. The van der Waals surface area contributed by atoms with Crippen molar-refractivity contribution in [3.05, 3.63) is 51.9 Å². The number of hydrogen-bond donors (Lipinski definition) is 2. The van der Waals surface area contributed by atoms with Gasteiger partial charge in [-0.1, -0.05) is 0 Å². The summed E-state index contributed by atoms with van der Waals surface area (Å²) >= 11 is 0. The number of amides is 1. The molecule has 1 saturated carbocycles. The number of aromatic nitrogens is 3. The fourth-order valence-electron chi connectivity index (χ4n) is 3.96. The molecule has 3 aromatic rings. The van der Waals surface area contributed by atoms with E-state index in [0.29, 0.717) is 49.0 Å². The Hall–Kier alpha value is -3.64. The van der Waals surface area contributed by atoms with Crippen LogP contribution in [-0.4, -0.2) is 51.9 Å². The largest absolute Gasteiger partial charge is 0.378 e. The van der Waals surface area contributed by atoms with Gasteiger partial charge >= 0.3 is 0 Å². The molecular weight excluding hydrogens is 420 g/mol. The van der Waals surface area contributed by atoms with Gasteiger partial charge in [0.2, 0.25) is 0 Å². The minimum Gasteiger partial charge on any atom is -0.378 e. The Morgan fingerprint density at radius 3 is 2.70 bits per heavy atom. The number of anilines is 2. The van der Waals surface area contributed by atoms with Crippen LogP contribution < -0.4 is 10.9 Å². The summed E-state index contributed by atoms with van der Waals surface area (Å²) in [5, 5.41) is 15.9. The number of nitrogens with one attached hydrogen (secondary N) is 2. The highest BCUT2D eigenvalue weighted by atomic mass is 16.5. The number of nitrogens with zero attached hydrogens (tertiary/aromatic N) is 4. The van der Waals surface area contributed by atoms with Crippen LogP contribution in [0.15, 0.2) is 35.3 Å². The summed E-state index contributed by atoms with van der Waals surface area (Å²) in [7, 11) is 0. The lowest BCUT2D eigenvalue weighted by Crippen LogP contribution is -2.40. The first-order valence-corrected chi connectivity index (χ1v) is 11.2. The Kier molecular flexibility index (Phi) is 6.75. The lowest BCUT2D eigenvalue weighted by Gasteiger charge is -2.27. The lowest BCUT2D eigenvalue weighted by molar-refractivity contribution is 0.0302. The zero-order valence-electron chi connectivity index (χ0n) is 18.9. The average Bonchev–Trinajstić information content (AvgIpc) is 3.56. The normalized spacial score (nSPS) is 15.5. The van der Waals surface area contributed by atoms with E-state index >= 15 is 0 Å². The molecule has 2 aromatic heterocycles. The van der Waals surface area contributed by atoms with Crippen molar-refractivity contribution in [1.29, 1.82) is 5.26 Å². The summed E-state index contributed by atoms with van der Waals surface area (Å²) in [4.78, 5) is 29.9. The molecule has 0 unspecified atom stereocenters. The molecule has 2 fully saturated rings. The van der Waals surface area contributed by atoms with Gasteiger partial charge in [0.25, 0.3) is 11.5 Å². The summed E-state index contributed by atoms with van der Waals surface area (Å²) in [5.41, 5.74) is 3.04. The zero-order chi connectivity index (χ0) is 23.4. The number of morpholine rings is 1. The molecule has 2 N–H and O–H groups in total. The van der Waals surface area contributed by atoms with Gasteiger partial charge in [0.1, 0.15) is 5.39 Å². The number of hydrogen-bond acceptors (Lipinski definition) is 6. The zero-order valence-corrected chi connectivity index (χ0v) is 18.9. The van der Waals surface area contributed by atoms with Crippen molar-refractivity contribution in [1.82, 2.24) is 19.7 Å². The molecule has 0 atom stereocenters. The first-order chi connectivity index (χ1) is 16.0. The molecule has 1 aliphatic carbocycles. The van der Waals surface area contributed by atoms with Crippen molar-refractivity contribution in [2.45, 2.75) is 33.2 Å². The highest BCUT2D eigenvalue weighted by Gasteiger charge is 2.25. The number of nitriles is 1. The molecule has 1 saturated heterocycles. The fraction of sp³-hybridized carbons (Fsp3) is 0.417. The Balaban J connectivity index is 0.000000821. The number of pyridine rings is 1. The highest BCUT2D eigenvalue weighted by Crippen LogP contribution is 2.32. The molecule has 0 spiro atoms. The molecule has 1 aromatic carbocycles. The summed E-state index contributed by atoms with van der Waals surface area (Å²) in [6.45, 7) is 6.57. The van der Waals surface area contributed by atoms with Crippen molar-refractivity contribution in [3.8, 4) is 6.07 Å². The van der Waals surface area contributed by atoms with E-state index in [9.17, 15) is 9.59 Å². The second kappa shape index (κ2) is 9.88. The second-order valence-electron chi connectivity index (χ2n) is 8.32. The van der Waals surface area contributed by atoms with E-state index in [2.05, 4.69) is 15.4 Å². The maximum Gasteiger partial charge on any atom is 0.261 e. The maximum atomic E-state index is 12.8. The van der Waals surface area contributed by atoms with Gasteiger partial charge < -0.3 is 19.9 Å². The van der Waals surface area contributed by atoms with Crippen LogP contribution in [-0.2, 0) is 11.3 Å². The van der Waals surface area contributed by atoms with Gasteiger partial charge in [0.05, 0.1) is 24.8 Å². The number of benzene rings is 1. The van der Waals surface area contributed by atoms with Gasteiger partial charge in [-0.3, -0.25) is 14.3 Å². The molecule has 33 heavy (non-hydrogen) atoms. The van der Waals surface area contributed by atoms with Crippen LogP contribution in [0.1, 0.15) is 35.7 Å². The SMILES string of the molecule is CC#N.Cc1cc(Nc2nn(CC3CC3)c3cc[nH]c(=O)c23)ccc1C(=O)N1CCOCC1. The van der Waals surface area contributed by atoms with Gasteiger partial charge in [0.15, 0.2) is 5.82 Å². The molecule has 0 radical (unpaired) electrons. The summed E-state index contributed by atoms with van der Waals surface area (Å²) in [6.07, 6.45) is 4.09. The molecule has 5 rings (SSSR count). The Morgan fingerprint density at radius 2 is 2.03 bits per heavy atom. The van der Waals surface area contributed by atoms with Crippen LogP contribution in [0.2, 0.25) is 0 Å². The van der Waals surface area contributed by atoms with Crippen molar-refractivity contribution in [2.24, 2.45) is 5.92 Å². The van der Waals surface area contributed by atoms with Crippen molar-refractivity contribution < 1.29 is 9.53 Å². The summed E-state index contributed by atoms with van der Waals surface area (Å²) in [5.74, 6) is 1.21. The van der Waals surface area contributed by atoms with Gasteiger partial charge in [-0.05, 0) is 55.5 Å². The summed E-state index contributed by atoms with van der Waals surface area (Å²) in [6, 6.07) is 9.27. The molecule has 1 amide bonds. The van der Waals surface area contributed by atoms with E-state index < -0.39 is 0 Å². The topological polar surface area (TPSA) is 116 Å². The number of rotatable bonds is 5. The number of ether oxygens (including phenoxy) is 1. The minimum atomic E-state index is -0.159. The third-order valence-electron chi connectivity index (χ3n) is 5.82. The first-order valence-electron chi connectivity index (χ1n) is 11.2. The Labute approximate surface area is 192 Å². The molecule has 9 heteroatoms. The van der Waals surface area contributed by atoms with Gasteiger partial charge in [-0.15, -0.1) is 0 Å². The number of carbonyl (C=O) groups is 1. The number of carbonyl (C=O) groups excluding carboxylic acids is 1.